The van der Waals surface area contributed by atoms with Crippen LogP contribution < -0.4 is 0 Å². The molecular weight excluding hydrogens is 518 g/mol. The summed E-state index contributed by atoms with van der Waals surface area (Å²) in [5.41, 5.74) is 5.83. The Morgan fingerprint density at radius 2 is 1.88 bits per heavy atom. The number of carbonyl (C=O) groups is 2. The van der Waals surface area contributed by atoms with Crippen molar-refractivity contribution in [2.45, 2.75) is 45.8 Å². The zero-order chi connectivity index (χ0) is 27.8. The van der Waals surface area contributed by atoms with Gasteiger partial charge in [0.05, 0.1) is 31.1 Å². The van der Waals surface area contributed by atoms with E-state index in [1.807, 2.05) is 47.8 Å². The number of ether oxygens (including phenoxy) is 1. The summed E-state index contributed by atoms with van der Waals surface area (Å²) in [4.78, 5) is 29.7. The molecule has 4 atom stereocenters. The molecule has 0 saturated carbocycles. The Hall–Kier alpha value is -3.48. The van der Waals surface area contributed by atoms with E-state index in [0.29, 0.717) is 19.6 Å². The van der Waals surface area contributed by atoms with E-state index in [9.17, 15) is 14.7 Å². The van der Waals surface area contributed by atoms with Crippen molar-refractivity contribution in [3.8, 4) is 5.75 Å². The number of rotatable bonds is 8. The topological polar surface area (TPSA) is 66.8 Å². The minimum absolute atomic E-state index is 0.0236. The van der Waals surface area contributed by atoms with Gasteiger partial charge >= 0.3 is 0 Å². The van der Waals surface area contributed by atoms with Crippen molar-refractivity contribution >= 4 is 34.8 Å². The SMILES string of the molecule is CC(C)C1=C2[C@@H](CC/C(=C/c3cccc(O)c3)c3ccccc3)OC[C@@H]2[C@@H]2C(=O)N(Cc3cccs3)C(=O)[C@@H]2C1. The molecule has 2 aromatic carbocycles. The minimum Gasteiger partial charge on any atom is -0.508 e. The number of likely N-dealkylation sites (tertiary alicyclic amines) is 1. The molecule has 2 saturated heterocycles. The van der Waals surface area contributed by atoms with Crippen LogP contribution in [0.3, 0.4) is 0 Å². The second-order valence-corrected chi connectivity index (χ2v) is 12.4. The number of amides is 2. The fourth-order valence-corrected chi connectivity index (χ4v) is 7.49. The van der Waals surface area contributed by atoms with Crippen LogP contribution in [0.15, 0.2) is 83.3 Å². The van der Waals surface area contributed by atoms with Crippen LogP contribution in [0.25, 0.3) is 11.6 Å². The Labute approximate surface area is 239 Å². The number of hydrogen-bond acceptors (Lipinski definition) is 5. The van der Waals surface area contributed by atoms with Gasteiger partial charge in [-0.05, 0) is 71.0 Å². The molecule has 206 valence electrons. The average molecular weight is 554 g/mol. The van der Waals surface area contributed by atoms with Crippen molar-refractivity contribution < 1.29 is 19.4 Å². The summed E-state index contributed by atoms with van der Waals surface area (Å²) < 4.78 is 6.46. The number of phenolic OH excluding ortho intramolecular Hbond substituents is 1. The van der Waals surface area contributed by atoms with E-state index >= 15 is 0 Å². The predicted octanol–water partition coefficient (Wildman–Crippen LogP) is 6.95. The Morgan fingerprint density at radius 1 is 1.05 bits per heavy atom. The van der Waals surface area contributed by atoms with Crippen molar-refractivity contribution in [1.82, 2.24) is 4.90 Å². The molecule has 0 spiro atoms. The molecule has 5 nitrogen and oxygen atoms in total. The molecule has 2 aliphatic heterocycles. The molecular formula is C34H35NO4S. The second-order valence-electron chi connectivity index (χ2n) is 11.4. The fraction of sp³-hybridized carbons (Fsp3) is 0.353. The Bertz CT molecular complexity index is 1460. The van der Waals surface area contributed by atoms with Crippen LogP contribution in [0.2, 0.25) is 0 Å². The highest BCUT2D eigenvalue weighted by Gasteiger charge is 2.57. The predicted molar refractivity (Wildman–Crippen MR) is 158 cm³/mol. The first-order chi connectivity index (χ1) is 19.4. The lowest BCUT2D eigenvalue weighted by Crippen LogP contribution is -2.35. The summed E-state index contributed by atoms with van der Waals surface area (Å²) in [7, 11) is 0. The van der Waals surface area contributed by atoms with Gasteiger partial charge in [-0.15, -0.1) is 11.3 Å². The Balaban J connectivity index is 1.27. The average Bonchev–Trinajstić information content (AvgIpc) is 3.67. The Kier molecular flexibility index (Phi) is 7.47. The van der Waals surface area contributed by atoms with Crippen LogP contribution in [0.5, 0.6) is 5.75 Å². The van der Waals surface area contributed by atoms with Crippen molar-refractivity contribution in [2.24, 2.45) is 23.7 Å². The smallest absolute Gasteiger partial charge is 0.234 e. The van der Waals surface area contributed by atoms with Crippen molar-refractivity contribution in [2.75, 3.05) is 6.61 Å². The third-order valence-electron chi connectivity index (χ3n) is 8.66. The Morgan fingerprint density at radius 3 is 2.60 bits per heavy atom. The highest BCUT2D eigenvalue weighted by atomic mass is 32.1. The standard InChI is InChI=1S/C34H35NO4S/c1-21(2)27-18-28-32(34(38)35(33(28)37)19-26-12-7-15-40-26)29-20-39-30(31(27)29)14-13-24(23-9-4-3-5-10-23)16-22-8-6-11-25(36)17-22/h3-12,15-17,21,28-30,32,36H,13-14,18-20H2,1-2H3/b24-16-/t28-,29+,30-,32-/m1/s1. The number of hydrogen-bond donors (Lipinski definition) is 1. The summed E-state index contributed by atoms with van der Waals surface area (Å²) in [6.45, 7) is 5.24. The third-order valence-corrected chi connectivity index (χ3v) is 9.52. The van der Waals surface area contributed by atoms with Gasteiger partial charge in [-0.3, -0.25) is 14.5 Å². The van der Waals surface area contributed by atoms with Crippen LogP contribution >= 0.6 is 11.3 Å². The van der Waals surface area contributed by atoms with Gasteiger partial charge in [0.15, 0.2) is 0 Å². The van der Waals surface area contributed by atoms with E-state index in [1.165, 1.54) is 21.6 Å². The first-order valence-electron chi connectivity index (χ1n) is 14.2. The summed E-state index contributed by atoms with van der Waals surface area (Å²) >= 11 is 1.58. The quantitative estimate of drug-likeness (QED) is 0.186. The number of imide groups is 1. The zero-order valence-electron chi connectivity index (χ0n) is 23.0. The van der Waals surface area contributed by atoms with E-state index in [1.54, 1.807) is 23.5 Å². The van der Waals surface area contributed by atoms with Gasteiger partial charge in [0.2, 0.25) is 11.8 Å². The molecule has 6 rings (SSSR count). The number of allylic oxidation sites excluding steroid dienone is 2. The van der Waals surface area contributed by atoms with Gasteiger partial charge in [0.25, 0.3) is 0 Å². The number of phenols is 1. The molecule has 3 aliphatic rings. The molecule has 2 fully saturated rings. The zero-order valence-corrected chi connectivity index (χ0v) is 23.8. The molecule has 2 amide bonds. The first kappa shape index (κ1) is 26.7. The lowest BCUT2D eigenvalue weighted by Gasteiger charge is -2.33. The molecule has 1 aromatic heterocycles. The monoisotopic (exact) mass is 553 g/mol. The first-order valence-corrected chi connectivity index (χ1v) is 15.1. The molecule has 0 radical (unpaired) electrons. The van der Waals surface area contributed by atoms with Crippen LogP contribution in [-0.2, 0) is 20.9 Å². The summed E-state index contributed by atoms with van der Waals surface area (Å²) in [6.07, 6.45) is 4.29. The molecule has 0 unspecified atom stereocenters. The fourth-order valence-electron chi connectivity index (χ4n) is 6.79. The number of fused-ring (bicyclic) bond motifs is 3. The van der Waals surface area contributed by atoms with E-state index < -0.39 is 0 Å². The summed E-state index contributed by atoms with van der Waals surface area (Å²) in [5, 5.41) is 12.0. The second kappa shape index (κ2) is 11.2. The normalized spacial score (nSPS) is 24.7. The van der Waals surface area contributed by atoms with E-state index in [4.69, 9.17) is 4.74 Å². The molecule has 40 heavy (non-hydrogen) atoms. The van der Waals surface area contributed by atoms with Gasteiger partial charge in [0, 0.05) is 10.8 Å². The number of nitrogens with zero attached hydrogens (tertiary/aromatic N) is 1. The number of aromatic hydroxyl groups is 1. The maximum absolute atomic E-state index is 13.7. The molecule has 1 N–H and O–H groups in total. The summed E-state index contributed by atoms with van der Waals surface area (Å²) in [5.74, 6) is -0.181. The lowest BCUT2D eigenvalue weighted by molar-refractivity contribution is -0.140. The maximum atomic E-state index is 13.7. The lowest BCUT2D eigenvalue weighted by atomic mass is 9.67. The van der Waals surface area contributed by atoms with E-state index in [2.05, 4.69) is 32.1 Å². The van der Waals surface area contributed by atoms with Crippen molar-refractivity contribution in [3.63, 3.8) is 0 Å². The van der Waals surface area contributed by atoms with Crippen LogP contribution in [0, 0.1) is 23.7 Å². The van der Waals surface area contributed by atoms with Crippen LogP contribution in [0.1, 0.15) is 49.1 Å². The van der Waals surface area contributed by atoms with Gasteiger partial charge in [-0.1, -0.05) is 74.0 Å². The highest BCUT2D eigenvalue weighted by molar-refractivity contribution is 7.09. The third kappa shape index (κ3) is 5.06. The minimum atomic E-state index is -0.327. The van der Waals surface area contributed by atoms with Crippen LogP contribution in [0.4, 0.5) is 0 Å². The largest absolute Gasteiger partial charge is 0.508 e. The number of thiophene rings is 1. The number of carbonyl (C=O) groups excluding carboxylic acids is 2. The van der Waals surface area contributed by atoms with Crippen LogP contribution in [-0.4, -0.2) is 34.5 Å². The van der Waals surface area contributed by atoms with Crippen molar-refractivity contribution in [1.29, 1.82) is 0 Å². The van der Waals surface area contributed by atoms with Gasteiger partial charge < -0.3 is 9.84 Å². The highest BCUT2D eigenvalue weighted by Crippen LogP contribution is 2.51. The maximum Gasteiger partial charge on any atom is 0.234 e. The van der Waals surface area contributed by atoms with E-state index in [-0.39, 0.29) is 47.3 Å². The van der Waals surface area contributed by atoms with E-state index in [0.717, 1.165) is 28.8 Å². The number of benzene rings is 2. The summed E-state index contributed by atoms with van der Waals surface area (Å²) in [6, 6.07) is 21.6. The van der Waals surface area contributed by atoms with Gasteiger partial charge in [0.1, 0.15) is 5.75 Å². The van der Waals surface area contributed by atoms with Gasteiger partial charge in [-0.2, -0.15) is 0 Å². The van der Waals surface area contributed by atoms with Crippen molar-refractivity contribution in [3.05, 3.63) is 99.3 Å². The van der Waals surface area contributed by atoms with Gasteiger partial charge in [-0.25, -0.2) is 0 Å². The molecule has 3 aromatic rings. The molecule has 6 heteroatoms. The molecule has 1 aliphatic carbocycles. The molecule has 3 heterocycles. The molecule has 0 bridgehead atoms.